The van der Waals surface area contributed by atoms with E-state index < -0.39 is 24.4 Å². The zero-order valence-corrected chi connectivity index (χ0v) is 19.4. The Hall–Kier alpha value is -0.460. The van der Waals surface area contributed by atoms with E-state index in [9.17, 15) is 10.2 Å². The molecular weight excluding hydrogens is 380 g/mol. The predicted molar refractivity (Wildman–Crippen MR) is 123 cm³/mol. The largest absolute Gasteiger partial charge is 0.394 e. The highest BCUT2D eigenvalue weighted by Gasteiger charge is 2.40. The second-order valence-electron chi connectivity index (χ2n) is 8.76. The molecule has 30 heavy (non-hydrogen) atoms. The molecule has 0 amide bonds. The van der Waals surface area contributed by atoms with Crippen molar-refractivity contribution in [3.63, 3.8) is 0 Å². The summed E-state index contributed by atoms with van der Waals surface area (Å²) in [5.74, 6) is 0. The number of unbranched alkanes of at least 4 members (excludes halogenated alkanes) is 14. The lowest BCUT2D eigenvalue weighted by Crippen LogP contribution is -2.42. The predicted octanol–water partition coefficient (Wildman–Crippen LogP) is 4.91. The van der Waals surface area contributed by atoms with Crippen LogP contribution < -0.4 is 0 Å². The zero-order valence-electron chi connectivity index (χ0n) is 19.4. The van der Waals surface area contributed by atoms with Crippen molar-refractivity contribution in [1.29, 1.82) is 0 Å². The number of ether oxygens (including phenoxy) is 2. The Morgan fingerprint density at radius 1 is 0.867 bits per heavy atom. The lowest BCUT2D eigenvalue weighted by Gasteiger charge is -2.23. The van der Waals surface area contributed by atoms with Gasteiger partial charge in [-0.1, -0.05) is 89.2 Å². The Labute approximate surface area is 184 Å². The molecule has 5 nitrogen and oxygen atoms in total. The third-order valence-corrected chi connectivity index (χ3v) is 6.04. The van der Waals surface area contributed by atoms with Crippen molar-refractivity contribution >= 4 is 0 Å². The molecule has 0 unspecified atom stereocenters. The summed E-state index contributed by atoms with van der Waals surface area (Å²) in [6.07, 6.45) is 21.2. The summed E-state index contributed by atoms with van der Waals surface area (Å²) in [5, 5.41) is 28.7. The van der Waals surface area contributed by atoms with E-state index >= 15 is 0 Å². The van der Waals surface area contributed by atoms with E-state index in [-0.39, 0.29) is 13.2 Å². The van der Waals surface area contributed by atoms with Crippen molar-refractivity contribution in [3.05, 3.63) is 12.2 Å². The maximum atomic E-state index is 9.90. The van der Waals surface area contributed by atoms with Crippen molar-refractivity contribution in [2.75, 3.05) is 19.8 Å². The molecule has 0 spiro atoms. The van der Waals surface area contributed by atoms with Crippen LogP contribution in [-0.2, 0) is 9.47 Å². The molecule has 5 heteroatoms. The fraction of sp³-hybridized carbons (Fsp3) is 0.920. The summed E-state index contributed by atoms with van der Waals surface area (Å²) in [7, 11) is 0. The quantitative estimate of drug-likeness (QED) is 0.190. The lowest BCUT2D eigenvalue weighted by molar-refractivity contribution is -0.0938. The van der Waals surface area contributed by atoms with Gasteiger partial charge in [0.2, 0.25) is 0 Å². The van der Waals surface area contributed by atoms with E-state index in [0.717, 1.165) is 12.8 Å². The first-order valence-electron chi connectivity index (χ1n) is 12.5. The van der Waals surface area contributed by atoms with Crippen LogP contribution in [0.2, 0.25) is 0 Å². The standard InChI is InChI=1S/C25H48O5/c1-2-3-4-5-6-7-8-9-10-11-12-13-14-15-16-17-18-19-29-25-23(28)21-30-24(25)22(27)20-26/h2-3,22-28H,4-21H2,1H3/b3-2+/t22-,23+,24+,25+/m0/s1. The SMILES string of the molecule is C/C=C/CCCCCCCCCCCCCCCCO[C@H]1[C@@H]([C@@H](O)CO)OC[C@H]1O. The number of aliphatic hydroxyl groups is 3. The molecule has 3 N–H and O–H groups in total. The normalized spacial score (nSPS) is 22.9. The van der Waals surface area contributed by atoms with Crippen LogP contribution >= 0.6 is 0 Å². The maximum Gasteiger partial charge on any atom is 0.114 e. The van der Waals surface area contributed by atoms with Crippen LogP contribution in [0.4, 0.5) is 0 Å². The molecule has 4 atom stereocenters. The van der Waals surface area contributed by atoms with Crippen LogP contribution in [0.3, 0.4) is 0 Å². The first kappa shape index (κ1) is 27.6. The third-order valence-electron chi connectivity index (χ3n) is 6.04. The summed E-state index contributed by atoms with van der Waals surface area (Å²) >= 11 is 0. The van der Waals surface area contributed by atoms with Gasteiger partial charge in [-0.15, -0.1) is 0 Å². The van der Waals surface area contributed by atoms with Gasteiger partial charge in [0.1, 0.15) is 24.4 Å². The fourth-order valence-electron chi connectivity index (χ4n) is 4.13. The van der Waals surface area contributed by atoms with Crippen LogP contribution in [0, 0.1) is 0 Å². The Morgan fingerprint density at radius 2 is 1.37 bits per heavy atom. The van der Waals surface area contributed by atoms with Crippen molar-refractivity contribution in [2.45, 2.75) is 128 Å². The topological polar surface area (TPSA) is 79.2 Å². The average Bonchev–Trinajstić information content (AvgIpc) is 3.12. The molecular formula is C25H48O5. The van der Waals surface area contributed by atoms with Gasteiger partial charge in [0.05, 0.1) is 13.2 Å². The Morgan fingerprint density at radius 3 is 1.87 bits per heavy atom. The van der Waals surface area contributed by atoms with Crippen LogP contribution in [0.25, 0.3) is 0 Å². The van der Waals surface area contributed by atoms with Crippen LogP contribution in [-0.4, -0.2) is 59.6 Å². The third kappa shape index (κ3) is 13.1. The van der Waals surface area contributed by atoms with Gasteiger partial charge in [0.15, 0.2) is 0 Å². The smallest absolute Gasteiger partial charge is 0.114 e. The number of hydrogen-bond acceptors (Lipinski definition) is 5. The average molecular weight is 429 g/mol. The highest BCUT2D eigenvalue weighted by atomic mass is 16.6. The summed E-state index contributed by atoms with van der Waals surface area (Å²) < 4.78 is 11.1. The molecule has 1 saturated heterocycles. The van der Waals surface area contributed by atoms with Crippen molar-refractivity contribution in [1.82, 2.24) is 0 Å². The maximum absolute atomic E-state index is 9.90. The molecule has 178 valence electrons. The first-order chi connectivity index (χ1) is 14.7. The van der Waals surface area contributed by atoms with Gasteiger partial charge in [0.25, 0.3) is 0 Å². The van der Waals surface area contributed by atoms with E-state index in [2.05, 4.69) is 19.1 Å². The van der Waals surface area contributed by atoms with E-state index in [1.807, 2.05) is 0 Å². The molecule has 0 aromatic heterocycles. The van der Waals surface area contributed by atoms with E-state index in [1.165, 1.54) is 83.5 Å². The van der Waals surface area contributed by atoms with Crippen molar-refractivity contribution in [2.24, 2.45) is 0 Å². The number of aliphatic hydroxyl groups excluding tert-OH is 3. The summed E-state index contributed by atoms with van der Waals surface area (Å²) in [5.41, 5.74) is 0. The Balaban J connectivity index is 1.81. The number of allylic oxidation sites excluding steroid dienone is 2. The second-order valence-corrected chi connectivity index (χ2v) is 8.76. The monoisotopic (exact) mass is 428 g/mol. The Bertz CT molecular complexity index is 401. The van der Waals surface area contributed by atoms with Gasteiger partial charge in [-0.05, 0) is 26.2 Å². The van der Waals surface area contributed by atoms with Crippen LogP contribution in [0.5, 0.6) is 0 Å². The minimum absolute atomic E-state index is 0.156. The molecule has 1 rings (SSSR count). The zero-order chi connectivity index (χ0) is 21.9. The molecule has 1 aliphatic heterocycles. The van der Waals surface area contributed by atoms with Gasteiger partial charge in [-0.3, -0.25) is 0 Å². The minimum Gasteiger partial charge on any atom is -0.394 e. The van der Waals surface area contributed by atoms with Crippen LogP contribution in [0.1, 0.15) is 103 Å². The van der Waals surface area contributed by atoms with Gasteiger partial charge >= 0.3 is 0 Å². The van der Waals surface area contributed by atoms with E-state index in [0.29, 0.717) is 6.61 Å². The highest BCUT2D eigenvalue weighted by Crippen LogP contribution is 2.21. The van der Waals surface area contributed by atoms with Gasteiger partial charge < -0.3 is 24.8 Å². The molecule has 0 aliphatic carbocycles. The van der Waals surface area contributed by atoms with Gasteiger partial charge in [-0.2, -0.15) is 0 Å². The number of hydrogen-bond donors (Lipinski definition) is 3. The minimum atomic E-state index is -1.000. The molecule has 1 fully saturated rings. The molecule has 0 radical (unpaired) electrons. The van der Waals surface area contributed by atoms with Gasteiger partial charge in [0, 0.05) is 6.61 Å². The number of rotatable bonds is 20. The summed E-state index contributed by atoms with van der Waals surface area (Å²) in [6.45, 7) is 2.44. The van der Waals surface area contributed by atoms with E-state index in [4.69, 9.17) is 14.6 Å². The molecule has 0 bridgehead atoms. The lowest BCUT2D eigenvalue weighted by atomic mass is 10.0. The van der Waals surface area contributed by atoms with Gasteiger partial charge in [-0.25, -0.2) is 0 Å². The second kappa shape index (κ2) is 19.2. The fourth-order valence-corrected chi connectivity index (χ4v) is 4.13. The summed E-state index contributed by atoms with van der Waals surface area (Å²) in [4.78, 5) is 0. The molecule has 1 aliphatic rings. The van der Waals surface area contributed by atoms with Crippen LogP contribution in [0.15, 0.2) is 12.2 Å². The molecule has 0 saturated carbocycles. The Kier molecular flexibility index (Phi) is 17.7. The molecule has 0 aromatic carbocycles. The van der Waals surface area contributed by atoms with E-state index in [1.54, 1.807) is 0 Å². The first-order valence-corrected chi connectivity index (χ1v) is 12.5. The van der Waals surface area contributed by atoms with Crippen molar-refractivity contribution < 1.29 is 24.8 Å². The van der Waals surface area contributed by atoms with Crippen molar-refractivity contribution in [3.8, 4) is 0 Å². The summed E-state index contributed by atoms with van der Waals surface area (Å²) in [6, 6.07) is 0. The molecule has 1 heterocycles. The highest BCUT2D eigenvalue weighted by molar-refractivity contribution is 4.89. The molecule has 0 aromatic rings.